The molecule has 0 radical (unpaired) electrons. The van der Waals surface area contributed by atoms with Crippen LogP contribution in [0.15, 0.2) is 0 Å². The van der Waals surface area contributed by atoms with Gasteiger partial charge < -0.3 is 14.8 Å². The molecule has 0 amide bonds. The molecule has 0 spiro atoms. The van der Waals surface area contributed by atoms with Crippen LogP contribution in [0.1, 0.15) is 45.4 Å². The van der Waals surface area contributed by atoms with Crippen molar-refractivity contribution in [3.63, 3.8) is 0 Å². The fraction of sp³-hybridized carbons (Fsp3) is 1.00. The summed E-state index contributed by atoms with van der Waals surface area (Å²) in [6.45, 7) is 3.75. The highest BCUT2D eigenvalue weighted by molar-refractivity contribution is 4.94. The molecule has 3 nitrogen and oxygen atoms in total. The Morgan fingerprint density at radius 3 is 2.44 bits per heavy atom. The fourth-order valence-electron chi connectivity index (χ4n) is 2.69. The summed E-state index contributed by atoms with van der Waals surface area (Å²) >= 11 is 0. The number of ether oxygens (including phenoxy) is 2. The quantitative estimate of drug-likeness (QED) is 0.680. The third-order valence-corrected chi connectivity index (χ3v) is 3.72. The van der Waals surface area contributed by atoms with Crippen molar-refractivity contribution in [2.45, 2.75) is 57.1 Å². The van der Waals surface area contributed by atoms with Crippen LogP contribution in [0.2, 0.25) is 0 Å². The normalized spacial score (nSPS) is 21.9. The van der Waals surface area contributed by atoms with Crippen LogP contribution in [-0.4, -0.2) is 39.0 Å². The average molecular weight is 229 g/mol. The minimum absolute atomic E-state index is 0.000736. The molecular weight excluding hydrogens is 202 g/mol. The zero-order valence-electron chi connectivity index (χ0n) is 11.1. The number of methoxy groups -OCH3 is 1. The Morgan fingerprint density at radius 2 is 1.94 bits per heavy atom. The Labute approximate surface area is 99.9 Å². The lowest BCUT2D eigenvalue weighted by Gasteiger charge is -2.42. The van der Waals surface area contributed by atoms with Crippen molar-refractivity contribution in [3.8, 4) is 0 Å². The predicted molar refractivity (Wildman–Crippen MR) is 66.8 cm³/mol. The largest absolute Gasteiger partial charge is 0.380 e. The van der Waals surface area contributed by atoms with Crippen molar-refractivity contribution in [2.24, 2.45) is 0 Å². The van der Waals surface area contributed by atoms with Crippen LogP contribution >= 0.6 is 0 Å². The van der Waals surface area contributed by atoms with E-state index in [1.165, 1.54) is 19.3 Å². The molecule has 1 unspecified atom stereocenters. The first-order chi connectivity index (χ1) is 7.79. The highest BCUT2D eigenvalue weighted by Crippen LogP contribution is 2.34. The first-order valence-electron chi connectivity index (χ1n) is 6.59. The fourth-order valence-corrected chi connectivity index (χ4v) is 2.69. The van der Waals surface area contributed by atoms with Crippen LogP contribution in [0.5, 0.6) is 0 Å². The molecular formula is C13H27NO2. The summed E-state index contributed by atoms with van der Waals surface area (Å²) in [6.07, 6.45) is 7.29. The molecule has 1 N–H and O–H groups in total. The summed E-state index contributed by atoms with van der Waals surface area (Å²) in [4.78, 5) is 0. The second-order valence-corrected chi connectivity index (χ2v) is 4.75. The molecule has 1 rings (SSSR count). The molecule has 0 aromatic rings. The Hall–Kier alpha value is -0.120. The maximum atomic E-state index is 5.82. The molecule has 0 bridgehead atoms. The Balaban J connectivity index is 2.51. The van der Waals surface area contributed by atoms with Gasteiger partial charge in [-0.2, -0.15) is 0 Å². The maximum absolute atomic E-state index is 5.82. The van der Waals surface area contributed by atoms with Crippen molar-refractivity contribution in [3.05, 3.63) is 0 Å². The minimum atomic E-state index is 0.000736. The number of hydrogen-bond donors (Lipinski definition) is 1. The van der Waals surface area contributed by atoms with Gasteiger partial charge in [-0.05, 0) is 26.3 Å². The predicted octanol–water partition coefficient (Wildman–Crippen LogP) is 2.35. The third kappa shape index (κ3) is 3.44. The van der Waals surface area contributed by atoms with E-state index in [1.54, 1.807) is 0 Å². The second-order valence-electron chi connectivity index (χ2n) is 4.75. The smallest absolute Gasteiger partial charge is 0.0853 e. The van der Waals surface area contributed by atoms with E-state index in [1.807, 2.05) is 14.2 Å². The Bertz CT molecular complexity index is 179. The van der Waals surface area contributed by atoms with Gasteiger partial charge in [0.15, 0.2) is 0 Å². The molecule has 16 heavy (non-hydrogen) atoms. The zero-order valence-corrected chi connectivity index (χ0v) is 11.1. The van der Waals surface area contributed by atoms with Gasteiger partial charge >= 0.3 is 0 Å². The monoisotopic (exact) mass is 229 g/mol. The number of hydrogen-bond acceptors (Lipinski definition) is 3. The standard InChI is InChI=1S/C13H27NO2/c1-4-10-16-11-12(14-2)13(15-3)8-6-5-7-9-13/h12,14H,4-11H2,1-3H3. The van der Waals surface area contributed by atoms with Gasteiger partial charge in [0.25, 0.3) is 0 Å². The summed E-state index contributed by atoms with van der Waals surface area (Å²) in [5.41, 5.74) is 0.000736. The van der Waals surface area contributed by atoms with Gasteiger partial charge in [0.2, 0.25) is 0 Å². The summed E-state index contributed by atoms with van der Waals surface area (Å²) in [7, 11) is 3.85. The van der Waals surface area contributed by atoms with Crippen LogP contribution in [0, 0.1) is 0 Å². The first kappa shape index (κ1) is 13.9. The van der Waals surface area contributed by atoms with Gasteiger partial charge in [0.1, 0.15) is 0 Å². The molecule has 0 aliphatic heterocycles. The van der Waals surface area contributed by atoms with Crippen LogP contribution < -0.4 is 5.32 Å². The van der Waals surface area contributed by atoms with E-state index in [2.05, 4.69) is 12.2 Å². The molecule has 0 saturated heterocycles. The molecule has 0 aromatic heterocycles. The average Bonchev–Trinajstić information content (AvgIpc) is 2.35. The molecule has 1 aliphatic carbocycles. The molecule has 1 aliphatic rings. The number of likely N-dealkylation sites (N-methyl/N-ethyl adjacent to an activating group) is 1. The molecule has 96 valence electrons. The van der Waals surface area contributed by atoms with Crippen LogP contribution in [0.25, 0.3) is 0 Å². The lowest BCUT2D eigenvalue weighted by molar-refractivity contribution is -0.0845. The van der Waals surface area contributed by atoms with E-state index < -0.39 is 0 Å². The van der Waals surface area contributed by atoms with Crippen LogP contribution in [0.3, 0.4) is 0 Å². The van der Waals surface area contributed by atoms with Crippen molar-refractivity contribution in [2.75, 3.05) is 27.4 Å². The molecule has 0 heterocycles. The lowest BCUT2D eigenvalue weighted by atomic mass is 9.79. The van der Waals surface area contributed by atoms with Crippen LogP contribution in [-0.2, 0) is 9.47 Å². The Morgan fingerprint density at radius 1 is 1.25 bits per heavy atom. The molecule has 1 atom stereocenters. The van der Waals surface area contributed by atoms with Crippen LogP contribution in [0.4, 0.5) is 0 Å². The lowest BCUT2D eigenvalue weighted by Crippen LogP contribution is -2.54. The molecule has 0 aromatic carbocycles. The third-order valence-electron chi connectivity index (χ3n) is 3.72. The number of rotatable bonds is 7. The summed E-state index contributed by atoms with van der Waals surface area (Å²) < 4.78 is 11.5. The topological polar surface area (TPSA) is 30.5 Å². The van der Waals surface area contributed by atoms with E-state index in [9.17, 15) is 0 Å². The molecule has 1 saturated carbocycles. The van der Waals surface area contributed by atoms with E-state index >= 15 is 0 Å². The van der Waals surface area contributed by atoms with Gasteiger partial charge in [-0.25, -0.2) is 0 Å². The molecule has 1 fully saturated rings. The van der Waals surface area contributed by atoms with Gasteiger partial charge in [-0.15, -0.1) is 0 Å². The Kier molecular flexibility index (Phi) is 6.32. The van der Waals surface area contributed by atoms with Crippen molar-refractivity contribution >= 4 is 0 Å². The van der Waals surface area contributed by atoms with E-state index in [0.29, 0.717) is 6.04 Å². The SMILES string of the molecule is CCCOCC(NC)C1(OC)CCCCC1. The summed E-state index contributed by atoms with van der Waals surface area (Å²) in [5.74, 6) is 0. The second kappa shape index (κ2) is 7.25. The van der Waals surface area contributed by atoms with Crippen molar-refractivity contribution < 1.29 is 9.47 Å². The van der Waals surface area contributed by atoms with Gasteiger partial charge in [0, 0.05) is 13.7 Å². The number of nitrogens with one attached hydrogen (secondary N) is 1. The van der Waals surface area contributed by atoms with Gasteiger partial charge in [0.05, 0.1) is 18.2 Å². The van der Waals surface area contributed by atoms with E-state index in [-0.39, 0.29) is 5.60 Å². The summed E-state index contributed by atoms with van der Waals surface area (Å²) in [5, 5.41) is 3.37. The maximum Gasteiger partial charge on any atom is 0.0853 e. The minimum Gasteiger partial charge on any atom is -0.380 e. The highest BCUT2D eigenvalue weighted by Gasteiger charge is 2.39. The van der Waals surface area contributed by atoms with E-state index in [4.69, 9.17) is 9.47 Å². The zero-order chi connectivity index (χ0) is 11.9. The first-order valence-corrected chi connectivity index (χ1v) is 6.59. The van der Waals surface area contributed by atoms with Gasteiger partial charge in [-0.1, -0.05) is 26.2 Å². The molecule has 3 heteroatoms. The van der Waals surface area contributed by atoms with Crippen molar-refractivity contribution in [1.29, 1.82) is 0 Å². The highest BCUT2D eigenvalue weighted by atomic mass is 16.5. The van der Waals surface area contributed by atoms with E-state index in [0.717, 1.165) is 32.5 Å². The van der Waals surface area contributed by atoms with Crippen molar-refractivity contribution in [1.82, 2.24) is 5.32 Å². The summed E-state index contributed by atoms with van der Waals surface area (Å²) in [6, 6.07) is 0.323. The van der Waals surface area contributed by atoms with Gasteiger partial charge in [-0.3, -0.25) is 0 Å².